The van der Waals surface area contributed by atoms with Crippen LogP contribution in [0.3, 0.4) is 0 Å². The Hall–Kier alpha value is -2.49. The smallest absolute Gasteiger partial charge is 0.259 e. The van der Waals surface area contributed by atoms with E-state index in [-0.39, 0.29) is 12.0 Å². The highest BCUT2D eigenvalue weighted by Crippen LogP contribution is 2.21. The third-order valence-corrected chi connectivity index (χ3v) is 2.66. The number of hydrogen-bond donors (Lipinski definition) is 2. The van der Waals surface area contributed by atoms with Crippen molar-refractivity contribution in [3.63, 3.8) is 0 Å². The molecule has 0 aromatic heterocycles. The summed E-state index contributed by atoms with van der Waals surface area (Å²) in [6, 6.07) is 14.2. The number of hydrogen-bond acceptors (Lipinski definition) is 3. The van der Waals surface area contributed by atoms with Crippen LogP contribution >= 0.6 is 0 Å². The van der Waals surface area contributed by atoms with E-state index in [2.05, 4.69) is 5.32 Å². The molecule has 0 atom stereocenters. The Bertz CT molecular complexity index is 592. The number of carbonyl (C=O) groups is 1. The van der Waals surface area contributed by atoms with Gasteiger partial charge in [0.15, 0.2) is 0 Å². The first-order chi connectivity index (χ1) is 9.56. The minimum absolute atomic E-state index is 0.0143. The summed E-state index contributed by atoms with van der Waals surface area (Å²) < 4.78 is 5.64. The fourth-order valence-corrected chi connectivity index (χ4v) is 1.78. The fourth-order valence-electron chi connectivity index (χ4n) is 1.78. The molecule has 0 saturated carbocycles. The largest absolute Gasteiger partial charge is 0.490 e. The lowest BCUT2D eigenvalue weighted by Gasteiger charge is -2.14. The molecular formula is C16H18N2O2. The van der Waals surface area contributed by atoms with Gasteiger partial charge in [0.2, 0.25) is 0 Å². The molecule has 0 heterocycles. The van der Waals surface area contributed by atoms with Gasteiger partial charge in [-0.2, -0.15) is 0 Å². The molecule has 0 spiro atoms. The van der Waals surface area contributed by atoms with Gasteiger partial charge >= 0.3 is 0 Å². The Labute approximate surface area is 118 Å². The number of rotatable bonds is 4. The highest BCUT2D eigenvalue weighted by Gasteiger charge is 2.13. The third-order valence-electron chi connectivity index (χ3n) is 2.66. The summed E-state index contributed by atoms with van der Waals surface area (Å²) >= 11 is 0. The summed E-state index contributed by atoms with van der Waals surface area (Å²) in [5.74, 6) is 0.376. The molecule has 3 N–H and O–H groups in total. The normalized spacial score (nSPS) is 10.3. The van der Waals surface area contributed by atoms with Crippen molar-refractivity contribution in [3.05, 3.63) is 54.1 Å². The Morgan fingerprint density at radius 2 is 1.75 bits per heavy atom. The molecule has 0 bridgehead atoms. The van der Waals surface area contributed by atoms with Crippen LogP contribution in [0.15, 0.2) is 48.5 Å². The van der Waals surface area contributed by atoms with Crippen LogP contribution < -0.4 is 15.8 Å². The number of nitrogen functional groups attached to an aromatic ring is 1. The Morgan fingerprint density at radius 1 is 1.10 bits per heavy atom. The summed E-state index contributed by atoms with van der Waals surface area (Å²) in [6.07, 6.45) is 0.0143. The molecule has 2 rings (SSSR count). The summed E-state index contributed by atoms with van der Waals surface area (Å²) in [4.78, 5) is 12.3. The van der Waals surface area contributed by atoms with Crippen molar-refractivity contribution in [2.45, 2.75) is 20.0 Å². The first-order valence-electron chi connectivity index (χ1n) is 6.49. The number of nitrogens with one attached hydrogen (secondary N) is 1. The summed E-state index contributed by atoms with van der Waals surface area (Å²) in [6.45, 7) is 3.85. The van der Waals surface area contributed by atoms with Gasteiger partial charge in [-0.1, -0.05) is 12.1 Å². The van der Waals surface area contributed by atoms with E-state index in [0.717, 1.165) is 0 Å². The number of benzene rings is 2. The first-order valence-corrected chi connectivity index (χ1v) is 6.49. The van der Waals surface area contributed by atoms with Crippen LogP contribution in [0.25, 0.3) is 0 Å². The van der Waals surface area contributed by atoms with Crippen LogP contribution in [-0.2, 0) is 0 Å². The van der Waals surface area contributed by atoms with Gasteiger partial charge in [0.1, 0.15) is 5.75 Å². The minimum Gasteiger partial charge on any atom is -0.490 e. The molecule has 104 valence electrons. The van der Waals surface area contributed by atoms with Crippen molar-refractivity contribution < 1.29 is 9.53 Å². The minimum atomic E-state index is -0.203. The number of nitrogens with two attached hydrogens (primary N) is 1. The number of ether oxygens (including phenoxy) is 1. The number of amides is 1. The average Bonchev–Trinajstić information content (AvgIpc) is 2.41. The second-order valence-corrected chi connectivity index (χ2v) is 4.74. The molecule has 2 aromatic rings. The van der Waals surface area contributed by atoms with Crippen LogP contribution in [0, 0.1) is 0 Å². The van der Waals surface area contributed by atoms with Crippen LogP contribution in [0.2, 0.25) is 0 Å². The molecule has 20 heavy (non-hydrogen) atoms. The standard InChI is InChI=1S/C16H18N2O2/c1-11(2)20-15-6-4-3-5-14(15)16(19)18-13-9-7-12(17)8-10-13/h3-11H,17H2,1-2H3,(H,18,19). The van der Waals surface area contributed by atoms with E-state index >= 15 is 0 Å². The maximum absolute atomic E-state index is 12.3. The maximum Gasteiger partial charge on any atom is 0.259 e. The van der Waals surface area contributed by atoms with Crippen molar-refractivity contribution in [3.8, 4) is 5.75 Å². The monoisotopic (exact) mass is 270 g/mol. The van der Waals surface area contributed by atoms with Crippen LogP contribution in [0.5, 0.6) is 5.75 Å². The van der Waals surface area contributed by atoms with E-state index in [4.69, 9.17) is 10.5 Å². The van der Waals surface area contributed by atoms with Gasteiger partial charge in [0.05, 0.1) is 11.7 Å². The second kappa shape index (κ2) is 6.10. The predicted octanol–water partition coefficient (Wildman–Crippen LogP) is 3.31. The molecule has 0 fully saturated rings. The molecular weight excluding hydrogens is 252 g/mol. The van der Waals surface area contributed by atoms with Gasteiger partial charge in [0.25, 0.3) is 5.91 Å². The van der Waals surface area contributed by atoms with E-state index in [0.29, 0.717) is 22.7 Å². The zero-order chi connectivity index (χ0) is 14.5. The van der Waals surface area contributed by atoms with E-state index in [1.165, 1.54) is 0 Å². The highest BCUT2D eigenvalue weighted by molar-refractivity contribution is 6.06. The number of para-hydroxylation sites is 1. The molecule has 2 aromatic carbocycles. The van der Waals surface area contributed by atoms with Crippen molar-refractivity contribution in [2.24, 2.45) is 0 Å². The lowest BCUT2D eigenvalue weighted by atomic mass is 10.1. The maximum atomic E-state index is 12.3. The molecule has 0 unspecified atom stereocenters. The first kappa shape index (κ1) is 13.9. The molecule has 0 aliphatic rings. The molecule has 4 nitrogen and oxygen atoms in total. The Balaban J connectivity index is 2.18. The lowest BCUT2D eigenvalue weighted by Crippen LogP contribution is -2.15. The average molecular weight is 270 g/mol. The van der Waals surface area contributed by atoms with Crippen molar-refractivity contribution in [1.82, 2.24) is 0 Å². The van der Waals surface area contributed by atoms with Crippen LogP contribution in [0.1, 0.15) is 24.2 Å². The third kappa shape index (κ3) is 3.51. The van der Waals surface area contributed by atoms with Crippen LogP contribution in [0.4, 0.5) is 11.4 Å². The van der Waals surface area contributed by atoms with Crippen LogP contribution in [-0.4, -0.2) is 12.0 Å². The highest BCUT2D eigenvalue weighted by atomic mass is 16.5. The zero-order valence-corrected chi connectivity index (χ0v) is 11.6. The molecule has 0 radical (unpaired) electrons. The van der Waals surface area contributed by atoms with Gasteiger partial charge in [0, 0.05) is 11.4 Å². The summed E-state index contributed by atoms with van der Waals surface area (Å²) in [7, 11) is 0. The molecule has 0 aliphatic heterocycles. The van der Waals surface area contributed by atoms with Crippen molar-refractivity contribution in [1.29, 1.82) is 0 Å². The van der Waals surface area contributed by atoms with Gasteiger partial charge in [-0.15, -0.1) is 0 Å². The van der Waals surface area contributed by atoms with Gasteiger partial charge in [-0.05, 0) is 50.2 Å². The van der Waals surface area contributed by atoms with E-state index < -0.39 is 0 Å². The van der Waals surface area contributed by atoms with Crippen molar-refractivity contribution >= 4 is 17.3 Å². The Kier molecular flexibility index (Phi) is 4.25. The van der Waals surface area contributed by atoms with Gasteiger partial charge in [-0.25, -0.2) is 0 Å². The SMILES string of the molecule is CC(C)Oc1ccccc1C(=O)Nc1ccc(N)cc1. The zero-order valence-electron chi connectivity index (χ0n) is 11.6. The number of carbonyl (C=O) groups excluding carboxylic acids is 1. The topological polar surface area (TPSA) is 64.3 Å². The Morgan fingerprint density at radius 3 is 2.40 bits per heavy atom. The van der Waals surface area contributed by atoms with E-state index in [9.17, 15) is 4.79 Å². The quantitative estimate of drug-likeness (QED) is 0.838. The molecule has 4 heteroatoms. The molecule has 0 saturated heterocycles. The van der Waals surface area contributed by atoms with Crippen molar-refractivity contribution in [2.75, 3.05) is 11.1 Å². The summed E-state index contributed by atoms with van der Waals surface area (Å²) in [5.41, 5.74) is 7.48. The molecule has 1 amide bonds. The van der Waals surface area contributed by atoms with E-state index in [1.807, 2.05) is 26.0 Å². The second-order valence-electron chi connectivity index (χ2n) is 4.74. The lowest BCUT2D eigenvalue weighted by molar-refractivity contribution is 0.102. The molecule has 0 aliphatic carbocycles. The van der Waals surface area contributed by atoms with Gasteiger partial charge in [-0.3, -0.25) is 4.79 Å². The fraction of sp³-hybridized carbons (Fsp3) is 0.188. The number of anilines is 2. The van der Waals surface area contributed by atoms with Gasteiger partial charge < -0.3 is 15.8 Å². The predicted molar refractivity (Wildman–Crippen MR) is 81.0 cm³/mol. The van der Waals surface area contributed by atoms with E-state index in [1.54, 1.807) is 36.4 Å². The summed E-state index contributed by atoms with van der Waals surface area (Å²) in [5, 5.41) is 2.82.